The summed E-state index contributed by atoms with van der Waals surface area (Å²) >= 11 is 0. The van der Waals surface area contributed by atoms with Crippen LogP contribution in [0.1, 0.15) is 30.9 Å². The van der Waals surface area contributed by atoms with Crippen LogP contribution in [0.3, 0.4) is 0 Å². The van der Waals surface area contributed by atoms with Crippen molar-refractivity contribution in [3.8, 4) is 0 Å². The first-order chi connectivity index (χ1) is 11.6. The molecule has 0 bridgehead atoms. The number of likely N-dealkylation sites (tertiary alicyclic amines) is 1. The van der Waals surface area contributed by atoms with Crippen LogP contribution in [0.2, 0.25) is 0 Å². The molecule has 7 heteroatoms. The van der Waals surface area contributed by atoms with Crippen LogP contribution in [-0.4, -0.2) is 38.4 Å². The fourth-order valence-electron chi connectivity index (χ4n) is 3.09. The summed E-state index contributed by atoms with van der Waals surface area (Å²) in [7, 11) is 0. The Hall–Kier alpha value is -2.70. The van der Waals surface area contributed by atoms with Crippen molar-refractivity contribution in [3.63, 3.8) is 0 Å². The summed E-state index contributed by atoms with van der Waals surface area (Å²) in [5.41, 5.74) is 1.14. The van der Waals surface area contributed by atoms with Gasteiger partial charge in [0.25, 0.3) is 0 Å². The molecule has 7 nitrogen and oxygen atoms in total. The number of carbonyl (C=O) groups excluding carboxylic acids is 1. The van der Waals surface area contributed by atoms with Gasteiger partial charge in [-0.2, -0.15) is 0 Å². The molecule has 1 unspecified atom stereocenters. The Morgan fingerprint density at radius 3 is 2.58 bits per heavy atom. The molecule has 1 fully saturated rings. The Kier molecular flexibility index (Phi) is 4.88. The van der Waals surface area contributed by atoms with Gasteiger partial charge in [0, 0.05) is 13.1 Å². The van der Waals surface area contributed by atoms with Crippen molar-refractivity contribution >= 4 is 11.7 Å². The van der Waals surface area contributed by atoms with Gasteiger partial charge in [0.05, 0.1) is 0 Å². The average Bonchev–Trinajstić information content (AvgIpc) is 3.28. The van der Waals surface area contributed by atoms with Gasteiger partial charge in [-0.05, 0) is 41.2 Å². The second kappa shape index (κ2) is 7.25. The zero-order chi connectivity index (χ0) is 16.9. The van der Waals surface area contributed by atoms with Crippen molar-refractivity contribution in [2.75, 3.05) is 13.1 Å². The molecule has 1 aromatic carbocycles. The number of imidazole rings is 1. The normalized spacial score (nSPS) is 15.4. The number of carbonyl (C=O) groups is 1. The van der Waals surface area contributed by atoms with Crippen molar-refractivity contribution in [1.82, 2.24) is 14.5 Å². The zero-order valence-electron chi connectivity index (χ0n) is 13.4. The van der Waals surface area contributed by atoms with E-state index < -0.39 is 11.0 Å². The van der Waals surface area contributed by atoms with E-state index in [-0.39, 0.29) is 11.7 Å². The van der Waals surface area contributed by atoms with Crippen LogP contribution in [0, 0.1) is 10.1 Å². The number of hydrogen-bond donors (Lipinski definition) is 0. The maximum atomic E-state index is 12.9. The minimum Gasteiger partial charge on any atom is -0.358 e. The average molecular weight is 328 g/mol. The standard InChI is InChI=1S/C17H20N4O3/c22-17(19-10-4-5-11-19)15(9-8-14-6-2-1-3-7-14)20-12-16(18-13-20)21(23)24/h1-3,6-7,12-13,15H,4-5,8-11H2. The molecule has 126 valence electrons. The van der Waals surface area contributed by atoms with E-state index in [9.17, 15) is 14.9 Å². The Morgan fingerprint density at radius 2 is 1.96 bits per heavy atom. The van der Waals surface area contributed by atoms with Crippen LogP contribution in [0.4, 0.5) is 5.82 Å². The van der Waals surface area contributed by atoms with Gasteiger partial charge in [-0.15, -0.1) is 0 Å². The van der Waals surface area contributed by atoms with Crippen molar-refractivity contribution in [3.05, 3.63) is 58.5 Å². The lowest BCUT2D eigenvalue weighted by Crippen LogP contribution is -2.35. The molecule has 24 heavy (non-hydrogen) atoms. The topological polar surface area (TPSA) is 81.3 Å². The highest BCUT2D eigenvalue weighted by Gasteiger charge is 2.29. The third kappa shape index (κ3) is 3.61. The summed E-state index contributed by atoms with van der Waals surface area (Å²) in [4.78, 5) is 28.8. The number of aromatic nitrogens is 2. The molecular weight excluding hydrogens is 308 g/mol. The number of rotatable bonds is 6. The fourth-order valence-corrected chi connectivity index (χ4v) is 3.09. The Bertz CT molecular complexity index is 708. The molecule has 0 radical (unpaired) electrons. The molecule has 0 saturated carbocycles. The summed E-state index contributed by atoms with van der Waals surface area (Å²) in [5.74, 6) is -0.204. The molecular formula is C17H20N4O3. The first-order valence-electron chi connectivity index (χ1n) is 8.16. The van der Waals surface area contributed by atoms with E-state index in [1.807, 2.05) is 35.2 Å². The second-order valence-corrected chi connectivity index (χ2v) is 6.01. The van der Waals surface area contributed by atoms with Gasteiger partial charge >= 0.3 is 5.82 Å². The molecule has 1 aliphatic rings. The summed E-state index contributed by atoms with van der Waals surface area (Å²) in [6, 6.07) is 9.48. The van der Waals surface area contributed by atoms with E-state index >= 15 is 0 Å². The Balaban J connectivity index is 1.79. The number of amides is 1. The quantitative estimate of drug-likeness (QED) is 0.603. The number of aryl methyl sites for hydroxylation is 1. The molecule has 1 saturated heterocycles. The van der Waals surface area contributed by atoms with E-state index in [2.05, 4.69) is 4.98 Å². The van der Waals surface area contributed by atoms with Crippen molar-refractivity contribution in [2.24, 2.45) is 0 Å². The summed E-state index contributed by atoms with van der Waals surface area (Å²) in [5, 5.41) is 10.9. The highest BCUT2D eigenvalue weighted by Crippen LogP contribution is 2.23. The largest absolute Gasteiger partial charge is 0.381 e. The molecule has 0 aliphatic carbocycles. The molecule has 1 atom stereocenters. The molecule has 1 aromatic heterocycles. The van der Waals surface area contributed by atoms with Crippen LogP contribution in [-0.2, 0) is 11.2 Å². The molecule has 2 aromatic rings. The van der Waals surface area contributed by atoms with Gasteiger partial charge < -0.3 is 15.0 Å². The summed E-state index contributed by atoms with van der Waals surface area (Å²) < 4.78 is 1.59. The molecule has 0 spiro atoms. The Labute approximate surface area is 140 Å². The zero-order valence-corrected chi connectivity index (χ0v) is 13.4. The first-order valence-corrected chi connectivity index (χ1v) is 8.16. The molecule has 1 amide bonds. The van der Waals surface area contributed by atoms with Gasteiger partial charge in [-0.1, -0.05) is 30.3 Å². The predicted molar refractivity (Wildman–Crippen MR) is 88.5 cm³/mol. The highest BCUT2D eigenvalue weighted by atomic mass is 16.6. The molecule has 0 N–H and O–H groups in total. The van der Waals surface area contributed by atoms with Gasteiger partial charge in [-0.25, -0.2) is 0 Å². The van der Waals surface area contributed by atoms with E-state index in [4.69, 9.17) is 0 Å². The lowest BCUT2D eigenvalue weighted by Gasteiger charge is -2.23. The SMILES string of the molecule is O=C(C(CCc1ccccc1)n1cnc([N+](=O)[O-])c1)N1CCCC1. The molecule has 2 heterocycles. The smallest absolute Gasteiger partial charge is 0.358 e. The maximum absolute atomic E-state index is 12.9. The number of benzene rings is 1. The van der Waals surface area contributed by atoms with Crippen LogP contribution >= 0.6 is 0 Å². The number of nitro groups is 1. The van der Waals surface area contributed by atoms with Gasteiger partial charge in [0.1, 0.15) is 12.2 Å². The van der Waals surface area contributed by atoms with Crippen molar-refractivity contribution in [1.29, 1.82) is 0 Å². The van der Waals surface area contributed by atoms with E-state index in [0.717, 1.165) is 37.9 Å². The van der Waals surface area contributed by atoms with E-state index in [1.54, 1.807) is 4.57 Å². The predicted octanol–water partition coefficient (Wildman–Crippen LogP) is 2.59. The number of hydrogen-bond acceptors (Lipinski definition) is 4. The van der Waals surface area contributed by atoms with Gasteiger partial charge in [-0.3, -0.25) is 9.36 Å². The summed E-state index contributed by atoms with van der Waals surface area (Å²) in [6.07, 6.45) is 6.10. The van der Waals surface area contributed by atoms with Crippen LogP contribution < -0.4 is 0 Å². The van der Waals surface area contributed by atoms with Crippen molar-refractivity contribution < 1.29 is 9.72 Å². The molecule has 1 aliphatic heterocycles. The highest BCUT2D eigenvalue weighted by molar-refractivity contribution is 5.80. The summed E-state index contributed by atoms with van der Waals surface area (Å²) in [6.45, 7) is 1.52. The third-order valence-electron chi connectivity index (χ3n) is 4.39. The van der Waals surface area contributed by atoms with Gasteiger partial charge in [0.2, 0.25) is 12.2 Å². The minimum atomic E-state index is -0.537. The second-order valence-electron chi connectivity index (χ2n) is 6.01. The molecule has 3 rings (SSSR count). The third-order valence-corrected chi connectivity index (χ3v) is 4.39. The van der Waals surface area contributed by atoms with Crippen LogP contribution in [0.5, 0.6) is 0 Å². The number of nitrogens with zero attached hydrogens (tertiary/aromatic N) is 4. The van der Waals surface area contributed by atoms with Crippen molar-refractivity contribution in [2.45, 2.75) is 31.7 Å². The van der Waals surface area contributed by atoms with E-state index in [0.29, 0.717) is 6.42 Å². The van der Waals surface area contributed by atoms with Crippen LogP contribution in [0.15, 0.2) is 42.9 Å². The lowest BCUT2D eigenvalue weighted by atomic mass is 10.0. The Morgan fingerprint density at radius 1 is 1.25 bits per heavy atom. The maximum Gasteiger partial charge on any atom is 0.381 e. The monoisotopic (exact) mass is 328 g/mol. The lowest BCUT2D eigenvalue weighted by molar-refractivity contribution is -0.389. The first kappa shape index (κ1) is 16.2. The van der Waals surface area contributed by atoms with E-state index in [1.165, 1.54) is 12.5 Å². The van der Waals surface area contributed by atoms with Crippen LogP contribution in [0.25, 0.3) is 0 Å². The van der Waals surface area contributed by atoms with Gasteiger partial charge in [0.15, 0.2) is 0 Å². The minimum absolute atomic E-state index is 0.0238. The fraction of sp³-hybridized carbons (Fsp3) is 0.412.